The molecular weight excluding hydrogens is 204 g/mol. The molecule has 0 aromatic heterocycles. The topological polar surface area (TPSA) is 0 Å². The SMILES string of the molecule is CCC(C)c1cccc2c1-c1ccccc1C2. The summed E-state index contributed by atoms with van der Waals surface area (Å²) in [5.41, 5.74) is 7.48. The van der Waals surface area contributed by atoms with Crippen LogP contribution in [0.5, 0.6) is 0 Å². The van der Waals surface area contributed by atoms with Crippen LogP contribution in [0, 0.1) is 0 Å². The molecule has 0 aliphatic heterocycles. The van der Waals surface area contributed by atoms with Crippen LogP contribution in [-0.4, -0.2) is 0 Å². The van der Waals surface area contributed by atoms with Crippen molar-refractivity contribution in [3.8, 4) is 11.1 Å². The van der Waals surface area contributed by atoms with Crippen molar-refractivity contribution < 1.29 is 0 Å². The van der Waals surface area contributed by atoms with Crippen molar-refractivity contribution in [3.05, 3.63) is 59.2 Å². The quantitative estimate of drug-likeness (QED) is 0.586. The molecule has 2 aromatic rings. The van der Waals surface area contributed by atoms with Gasteiger partial charge in [-0.05, 0) is 46.6 Å². The van der Waals surface area contributed by atoms with Gasteiger partial charge in [-0.2, -0.15) is 0 Å². The van der Waals surface area contributed by atoms with E-state index in [0.29, 0.717) is 5.92 Å². The molecule has 0 nitrogen and oxygen atoms in total. The van der Waals surface area contributed by atoms with Crippen molar-refractivity contribution in [3.63, 3.8) is 0 Å². The lowest BCUT2D eigenvalue weighted by atomic mass is 9.90. The van der Waals surface area contributed by atoms with Crippen LogP contribution in [0.15, 0.2) is 42.5 Å². The third-order valence-corrected chi connectivity index (χ3v) is 3.99. The fourth-order valence-electron chi connectivity index (χ4n) is 2.85. The normalized spacial score (nSPS) is 14.2. The molecule has 0 N–H and O–H groups in total. The maximum atomic E-state index is 2.33. The Morgan fingerprint density at radius 3 is 2.59 bits per heavy atom. The molecule has 0 saturated carbocycles. The zero-order valence-corrected chi connectivity index (χ0v) is 10.5. The summed E-state index contributed by atoms with van der Waals surface area (Å²) in [4.78, 5) is 0. The Bertz CT molecular complexity index is 552. The summed E-state index contributed by atoms with van der Waals surface area (Å²) in [6.07, 6.45) is 2.31. The van der Waals surface area contributed by atoms with Crippen molar-refractivity contribution in [1.29, 1.82) is 0 Å². The van der Waals surface area contributed by atoms with Crippen molar-refractivity contribution in [2.45, 2.75) is 32.6 Å². The highest BCUT2D eigenvalue weighted by Gasteiger charge is 2.22. The molecule has 0 spiro atoms. The Morgan fingerprint density at radius 2 is 1.76 bits per heavy atom. The van der Waals surface area contributed by atoms with Gasteiger partial charge in [0.05, 0.1) is 0 Å². The van der Waals surface area contributed by atoms with Crippen molar-refractivity contribution in [1.82, 2.24) is 0 Å². The summed E-state index contributed by atoms with van der Waals surface area (Å²) in [7, 11) is 0. The summed E-state index contributed by atoms with van der Waals surface area (Å²) in [6, 6.07) is 15.6. The Labute approximate surface area is 103 Å². The third kappa shape index (κ3) is 1.59. The van der Waals surface area contributed by atoms with E-state index in [0.717, 1.165) is 6.42 Å². The summed E-state index contributed by atoms with van der Waals surface area (Å²) in [5, 5.41) is 0. The molecule has 0 bridgehead atoms. The Balaban J connectivity index is 2.23. The molecule has 0 amide bonds. The second-order valence-corrected chi connectivity index (χ2v) is 5.02. The van der Waals surface area contributed by atoms with Crippen LogP contribution in [0.3, 0.4) is 0 Å². The molecule has 1 aliphatic rings. The lowest BCUT2D eigenvalue weighted by Crippen LogP contribution is -1.95. The number of rotatable bonds is 2. The van der Waals surface area contributed by atoms with Crippen molar-refractivity contribution in [2.75, 3.05) is 0 Å². The molecule has 1 aliphatic carbocycles. The summed E-state index contributed by atoms with van der Waals surface area (Å²) in [6.45, 7) is 4.60. The average Bonchev–Trinajstić information content (AvgIpc) is 2.76. The first-order chi connectivity index (χ1) is 8.31. The van der Waals surface area contributed by atoms with Gasteiger partial charge in [0.2, 0.25) is 0 Å². The van der Waals surface area contributed by atoms with Gasteiger partial charge in [0, 0.05) is 0 Å². The van der Waals surface area contributed by atoms with Crippen LogP contribution in [-0.2, 0) is 6.42 Å². The minimum absolute atomic E-state index is 0.649. The van der Waals surface area contributed by atoms with Crippen LogP contribution >= 0.6 is 0 Å². The number of benzene rings is 2. The molecule has 0 radical (unpaired) electrons. The van der Waals surface area contributed by atoms with Gasteiger partial charge in [0.15, 0.2) is 0 Å². The first-order valence-corrected chi connectivity index (χ1v) is 6.51. The fourth-order valence-corrected chi connectivity index (χ4v) is 2.85. The maximum Gasteiger partial charge on any atom is -0.00133 e. The molecule has 1 unspecified atom stereocenters. The molecule has 1 atom stereocenters. The van der Waals surface area contributed by atoms with Gasteiger partial charge in [-0.15, -0.1) is 0 Å². The van der Waals surface area contributed by atoms with E-state index in [1.807, 2.05) is 0 Å². The predicted octanol–water partition coefficient (Wildman–Crippen LogP) is 4.77. The van der Waals surface area contributed by atoms with Gasteiger partial charge in [-0.1, -0.05) is 56.3 Å². The lowest BCUT2D eigenvalue weighted by molar-refractivity contribution is 0.735. The largest absolute Gasteiger partial charge is 0.0648 e. The zero-order valence-electron chi connectivity index (χ0n) is 10.5. The average molecular weight is 222 g/mol. The van der Waals surface area contributed by atoms with Gasteiger partial charge < -0.3 is 0 Å². The van der Waals surface area contributed by atoms with E-state index < -0.39 is 0 Å². The van der Waals surface area contributed by atoms with E-state index in [4.69, 9.17) is 0 Å². The maximum absolute atomic E-state index is 2.33. The highest BCUT2D eigenvalue weighted by Crippen LogP contribution is 2.41. The van der Waals surface area contributed by atoms with Crippen LogP contribution < -0.4 is 0 Å². The Kier molecular flexibility index (Phi) is 2.51. The molecule has 0 fully saturated rings. The molecular formula is C17H18. The molecule has 0 heterocycles. The zero-order chi connectivity index (χ0) is 11.8. The van der Waals surface area contributed by atoms with Crippen molar-refractivity contribution >= 4 is 0 Å². The van der Waals surface area contributed by atoms with E-state index in [1.54, 1.807) is 0 Å². The van der Waals surface area contributed by atoms with E-state index in [9.17, 15) is 0 Å². The van der Waals surface area contributed by atoms with Gasteiger partial charge in [-0.3, -0.25) is 0 Å². The monoisotopic (exact) mass is 222 g/mol. The molecule has 86 valence electrons. The van der Waals surface area contributed by atoms with E-state index in [1.165, 1.54) is 34.2 Å². The number of hydrogen-bond acceptors (Lipinski definition) is 0. The van der Waals surface area contributed by atoms with E-state index in [-0.39, 0.29) is 0 Å². The Morgan fingerprint density at radius 1 is 1.00 bits per heavy atom. The van der Waals surface area contributed by atoms with Gasteiger partial charge in [0.25, 0.3) is 0 Å². The highest BCUT2D eigenvalue weighted by molar-refractivity contribution is 5.79. The molecule has 17 heavy (non-hydrogen) atoms. The first kappa shape index (κ1) is 10.6. The van der Waals surface area contributed by atoms with Crippen LogP contribution in [0.25, 0.3) is 11.1 Å². The minimum atomic E-state index is 0.649. The summed E-state index contributed by atoms with van der Waals surface area (Å²) < 4.78 is 0. The Hall–Kier alpha value is -1.56. The lowest BCUT2D eigenvalue weighted by Gasteiger charge is -2.15. The second kappa shape index (κ2) is 4.03. The molecule has 2 aromatic carbocycles. The van der Waals surface area contributed by atoms with Crippen LogP contribution in [0.2, 0.25) is 0 Å². The van der Waals surface area contributed by atoms with Crippen molar-refractivity contribution in [2.24, 2.45) is 0 Å². The molecule has 0 heteroatoms. The van der Waals surface area contributed by atoms with Crippen LogP contribution in [0.1, 0.15) is 42.9 Å². The predicted molar refractivity (Wildman–Crippen MR) is 73.4 cm³/mol. The standard InChI is InChI=1S/C17H18/c1-3-12(2)15-10-6-8-14-11-13-7-4-5-9-16(13)17(14)15/h4-10,12H,3,11H2,1-2H3. The summed E-state index contributed by atoms with van der Waals surface area (Å²) in [5.74, 6) is 0.649. The molecule has 3 rings (SSSR count). The van der Waals surface area contributed by atoms with Gasteiger partial charge in [0.1, 0.15) is 0 Å². The summed E-state index contributed by atoms with van der Waals surface area (Å²) >= 11 is 0. The molecule has 0 saturated heterocycles. The van der Waals surface area contributed by atoms with E-state index >= 15 is 0 Å². The first-order valence-electron chi connectivity index (χ1n) is 6.51. The van der Waals surface area contributed by atoms with E-state index in [2.05, 4.69) is 56.3 Å². The van der Waals surface area contributed by atoms with Gasteiger partial charge >= 0.3 is 0 Å². The smallest absolute Gasteiger partial charge is 0.00133 e. The van der Waals surface area contributed by atoms with Crippen LogP contribution in [0.4, 0.5) is 0 Å². The number of hydrogen-bond donors (Lipinski definition) is 0. The van der Waals surface area contributed by atoms with Gasteiger partial charge in [-0.25, -0.2) is 0 Å². The highest BCUT2D eigenvalue weighted by atomic mass is 14.3. The fraction of sp³-hybridized carbons (Fsp3) is 0.294. The number of fused-ring (bicyclic) bond motifs is 3. The minimum Gasteiger partial charge on any atom is -0.0648 e. The third-order valence-electron chi connectivity index (χ3n) is 3.99. The second-order valence-electron chi connectivity index (χ2n) is 5.02.